The average Bonchev–Trinajstić information content (AvgIpc) is 2.95. The minimum absolute atomic E-state index is 0.317. The summed E-state index contributed by atoms with van der Waals surface area (Å²) < 4.78 is 4.70. The van der Waals surface area contributed by atoms with E-state index in [9.17, 15) is 4.79 Å². The highest BCUT2D eigenvalue weighted by Gasteiger charge is 2.28. The van der Waals surface area contributed by atoms with Gasteiger partial charge in [0.1, 0.15) is 5.82 Å². The molecule has 0 atom stereocenters. The molecule has 0 saturated heterocycles. The molecule has 0 radical (unpaired) electrons. The van der Waals surface area contributed by atoms with Crippen molar-refractivity contribution >= 4 is 23.3 Å². The van der Waals surface area contributed by atoms with E-state index in [1.165, 1.54) is 12.6 Å². The van der Waals surface area contributed by atoms with Crippen molar-refractivity contribution in [2.45, 2.75) is 26.3 Å². The molecule has 8 heteroatoms. The molecule has 0 aliphatic heterocycles. The van der Waals surface area contributed by atoms with Crippen LogP contribution in [0.15, 0.2) is 23.2 Å². The molecule has 1 amide bonds. The number of nitrogens with zero attached hydrogens (tertiary/aromatic N) is 3. The van der Waals surface area contributed by atoms with Crippen molar-refractivity contribution in [3.05, 3.63) is 35.1 Å². The third-order valence-corrected chi connectivity index (χ3v) is 3.08. The zero-order valence-electron chi connectivity index (χ0n) is 12.0. The molecule has 2 aromatic rings. The van der Waals surface area contributed by atoms with Crippen molar-refractivity contribution in [1.29, 1.82) is 0 Å². The summed E-state index contributed by atoms with van der Waals surface area (Å²) in [5.41, 5.74) is -0.407. The standard InChI is InChI=1S/C13H16ClN5O2/c1-4-15-10-9(14)5-8(6-16-10)11(20)18-13(2,3)12-17-7-21-19-12/h5-7H,4H2,1-3H3,(H,15,16)(H,18,20). The Labute approximate surface area is 127 Å². The number of carbonyl (C=O) groups excluding carboxylic acids is 1. The molecule has 2 heterocycles. The highest BCUT2D eigenvalue weighted by Crippen LogP contribution is 2.21. The van der Waals surface area contributed by atoms with Gasteiger partial charge < -0.3 is 15.2 Å². The molecule has 0 saturated carbocycles. The van der Waals surface area contributed by atoms with Crippen LogP contribution in [0.4, 0.5) is 5.82 Å². The first-order valence-electron chi connectivity index (χ1n) is 6.43. The zero-order chi connectivity index (χ0) is 15.5. The van der Waals surface area contributed by atoms with E-state index in [4.69, 9.17) is 16.1 Å². The third-order valence-electron chi connectivity index (χ3n) is 2.79. The number of anilines is 1. The Morgan fingerprint density at radius 1 is 1.43 bits per heavy atom. The summed E-state index contributed by atoms with van der Waals surface area (Å²) in [6.45, 7) is 6.19. The minimum atomic E-state index is -0.767. The quantitative estimate of drug-likeness (QED) is 0.879. The number of pyridine rings is 1. The SMILES string of the molecule is CCNc1ncc(C(=O)NC(C)(C)c2ncon2)cc1Cl. The van der Waals surface area contributed by atoms with Gasteiger partial charge in [-0.05, 0) is 26.8 Å². The molecule has 0 fully saturated rings. The van der Waals surface area contributed by atoms with E-state index in [1.54, 1.807) is 19.9 Å². The summed E-state index contributed by atoms with van der Waals surface area (Å²) in [6, 6.07) is 1.56. The Morgan fingerprint density at radius 3 is 2.76 bits per heavy atom. The summed E-state index contributed by atoms with van der Waals surface area (Å²) in [7, 11) is 0. The van der Waals surface area contributed by atoms with Crippen LogP contribution in [0.2, 0.25) is 5.02 Å². The number of hydrogen-bond donors (Lipinski definition) is 2. The lowest BCUT2D eigenvalue weighted by molar-refractivity contribution is 0.0907. The predicted octanol–water partition coefficient (Wildman–Crippen LogP) is 2.21. The number of rotatable bonds is 5. The van der Waals surface area contributed by atoms with Crippen LogP contribution in [0.5, 0.6) is 0 Å². The molecule has 7 nitrogen and oxygen atoms in total. The highest BCUT2D eigenvalue weighted by molar-refractivity contribution is 6.33. The second-order valence-electron chi connectivity index (χ2n) is 4.92. The fraction of sp³-hybridized carbons (Fsp3) is 0.385. The Morgan fingerprint density at radius 2 is 2.19 bits per heavy atom. The van der Waals surface area contributed by atoms with Gasteiger partial charge in [-0.3, -0.25) is 4.79 Å². The fourth-order valence-electron chi connectivity index (χ4n) is 1.72. The van der Waals surface area contributed by atoms with Crippen molar-refractivity contribution in [3.63, 3.8) is 0 Å². The highest BCUT2D eigenvalue weighted by atomic mass is 35.5. The summed E-state index contributed by atoms with van der Waals surface area (Å²) in [6.07, 6.45) is 2.68. The monoisotopic (exact) mass is 309 g/mol. The van der Waals surface area contributed by atoms with Crippen molar-refractivity contribution in [2.75, 3.05) is 11.9 Å². The minimum Gasteiger partial charge on any atom is -0.369 e. The maximum absolute atomic E-state index is 12.3. The van der Waals surface area contributed by atoms with E-state index in [0.29, 0.717) is 28.8 Å². The van der Waals surface area contributed by atoms with Crippen LogP contribution >= 0.6 is 11.6 Å². The lowest BCUT2D eigenvalue weighted by atomic mass is 10.0. The summed E-state index contributed by atoms with van der Waals surface area (Å²) in [4.78, 5) is 20.3. The van der Waals surface area contributed by atoms with E-state index < -0.39 is 5.54 Å². The number of hydrogen-bond acceptors (Lipinski definition) is 6. The molecule has 0 spiro atoms. The van der Waals surface area contributed by atoms with Crippen molar-refractivity contribution in [2.24, 2.45) is 0 Å². The molecule has 21 heavy (non-hydrogen) atoms. The molecular weight excluding hydrogens is 294 g/mol. The van der Waals surface area contributed by atoms with E-state index >= 15 is 0 Å². The molecule has 0 aliphatic rings. The molecule has 0 aliphatic carbocycles. The van der Waals surface area contributed by atoms with Crippen LogP contribution in [-0.4, -0.2) is 27.6 Å². The topological polar surface area (TPSA) is 92.9 Å². The molecule has 2 N–H and O–H groups in total. The van der Waals surface area contributed by atoms with Crippen molar-refractivity contribution in [3.8, 4) is 0 Å². The molecule has 112 valence electrons. The molecular formula is C13H16ClN5O2. The summed E-state index contributed by atoms with van der Waals surface area (Å²) in [5, 5.41) is 9.94. The van der Waals surface area contributed by atoms with Crippen LogP contribution in [0.25, 0.3) is 0 Å². The van der Waals surface area contributed by atoms with Crippen LogP contribution in [0, 0.1) is 0 Å². The van der Waals surface area contributed by atoms with Crippen LogP contribution in [0.3, 0.4) is 0 Å². The largest absolute Gasteiger partial charge is 0.369 e. The van der Waals surface area contributed by atoms with E-state index in [-0.39, 0.29) is 5.91 Å². The molecule has 0 bridgehead atoms. The van der Waals surface area contributed by atoms with Gasteiger partial charge in [0.05, 0.1) is 16.1 Å². The van der Waals surface area contributed by atoms with Gasteiger partial charge in [-0.15, -0.1) is 0 Å². The Hall–Kier alpha value is -2.15. The Balaban J connectivity index is 2.15. The Kier molecular flexibility index (Phi) is 4.42. The second kappa shape index (κ2) is 6.09. The normalized spacial score (nSPS) is 11.2. The molecule has 0 unspecified atom stereocenters. The van der Waals surface area contributed by atoms with Gasteiger partial charge in [0.25, 0.3) is 5.91 Å². The lowest BCUT2D eigenvalue weighted by Crippen LogP contribution is -2.41. The maximum atomic E-state index is 12.3. The number of carbonyl (C=O) groups is 1. The van der Waals surface area contributed by atoms with Gasteiger partial charge in [0.15, 0.2) is 5.82 Å². The van der Waals surface area contributed by atoms with E-state index in [0.717, 1.165) is 0 Å². The van der Waals surface area contributed by atoms with Gasteiger partial charge in [-0.2, -0.15) is 4.98 Å². The van der Waals surface area contributed by atoms with Crippen molar-refractivity contribution < 1.29 is 9.32 Å². The average molecular weight is 310 g/mol. The lowest BCUT2D eigenvalue weighted by Gasteiger charge is -2.22. The third kappa shape index (κ3) is 3.49. The Bertz CT molecular complexity index is 627. The van der Waals surface area contributed by atoms with Gasteiger partial charge in [0, 0.05) is 12.7 Å². The molecule has 2 aromatic heterocycles. The van der Waals surface area contributed by atoms with Gasteiger partial charge >= 0.3 is 0 Å². The van der Waals surface area contributed by atoms with E-state index in [2.05, 4.69) is 25.8 Å². The number of halogens is 1. The summed E-state index contributed by atoms with van der Waals surface area (Å²) >= 11 is 6.08. The second-order valence-corrected chi connectivity index (χ2v) is 5.33. The van der Waals surface area contributed by atoms with Crippen LogP contribution < -0.4 is 10.6 Å². The first-order chi connectivity index (χ1) is 9.94. The smallest absolute Gasteiger partial charge is 0.253 e. The van der Waals surface area contributed by atoms with Crippen LogP contribution in [0.1, 0.15) is 37.0 Å². The summed E-state index contributed by atoms with van der Waals surface area (Å²) in [5.74, 6) is 0.620. The van der Waals surface area contributed by atoms with Gasteiger partial charge in [-0.1, -0.05) is 16.8 Å². The maximum Gasteiger partial charge on any atom is 0.253 e. The fourth-order valence-corrected chi connectivity index (χ4v) is 1.95. The predicted molar refractivity (Wildman–Crippen MR) is 78.2 cm³/mol. The van der Waals surface area contributed by atoms with Gasteiger partial charge in [-0.25, -0.2) is 4.98 Å². The number of nitrogens with one attached hydrogen (secondary N) is 2. The van der Waals surface area contributed by atoms with Gasteiger partial charge in [0.2, 0.25) is 6.39 Å². The van der Waals surface area contributed by atoms with Crippen molar-refractivity contribution in [1.82, 2.24) is 20.4 Å². The van der Waals surface area contributed by atoms with E-state index in [1.807, 2.05) is 6.92 Å². The number of aromatic nitrogens is 3. The molecule has 0 aromatic carbocycles. The number of amides is 1. The van der Waals surface area contributed by atoms with Crippen LogP contribution in [-0.2, 0) is 5.54 Å². The first kappa shape index (κ1) is 15.2. The molecule has 2 rings (SSSR count). The first-order valence-corrected chi connectivity index (χ1v) is 6.80. The zero-order valence-corrected chi connectivity index (χ0v) is 12.7.